The maximum Gasteiger partial charge on any atom is 0.416 e. The van der Waals surface area contributed by atoms with Gasteiger partial charge < -0.3 is 4.90 Å². The SMILES string of the molecule is O=C1CC[C@H](N2CC[C@@H](CCc3cccc(C(F)(F)F)c3)C2=O)[C@H](CS(=O)(=O)c2ccccc2)C1. The Bertz CT molecular complexity index is 1180. The van der Waals surface area contributed by atoms with E-state index in [1.54, 1.807) is 29.2 Å². The van der Waals surface area contributed by atoms with E-state index in [0.29, 0.717) is 44.2 Å². The van der Waals surface area contributed by atoms with E-state index >= 15 is 0 Å². The van der Waals surface area contributed by atoms with Crippen molar-refractivity contribution in [2.45, 2.75) is 55.6 Å². The number of hydrogen-bond donors (Lipinski definition) is 0. The largest absolute Gasteiger partial charge is 0.416 e. The number of hydrogen-bond acceptors (Lipinski definition) is 4. The predicted octanol–water partition coefficient (Wildman–Crippen LogP) is 4.70. The molecule has 0 spiro atoms. The average Bonchev–Trinajstić information content (AvgIpc) is 3.18. The Morgan fingerprint density at radius 1 is 0.971 bits per heavy atom. The number of Topliss-reactive ketones (excluding diaryl/α,β-unsaturated/α-hetero) is 1. The molecule has 2 fully saturated rings. The van der Waals surface area contributed by atoms with Crippen molar-refractivity contribution in [1.29, 1.82) is 0 Å². The van der Waals surface area contributed by atoms with Crippen LogP contribution in [0.1, 0.15) is 43.2 Å². The normalized spacial score (nSPS) is 23.6. The average molecular weight is 508 g/mol. The molecule has 0 radical (unpaired) electrons. The highest BCUT2D eigenvalue weighted by Gasteiger charge is 2.42. The van der Waals surface area contributed by atoms with E-state index < -0.39 is 27.5 Å². The minimum Gasteiger partial charge on any atom is -0.339 e. The number of sulfone groups is 1. The summed E-state index contributed by atoms with van der Waals surface area (Å²) in [6.45, 7) is 0.465. The number of benzene rings is 2. The van der Waals surface area contributed by atoms with Gasteiger partial charge in [-0.2, -0.15) is 13.2 Å². The van der Waals surface area contributed by atoms with E-state index in [9.17, 15) is 31.2 Å². The molecule has 0 unspecified atom stereocenters. The van der Waals surface area contributed by atoms with Crippen molar-refractivity contribution in [2.24, 2.45) is 11.8 Å². The molecule has 1 saturated carbocycles. The maximum absolute atomic E-state index is 13.2. The third-order valence-electron chi connectivity index (χ3n) is 7.08. The second-order valence-corrected chi connectivity index (χ2v) is 11.5. The van der Waals surface area contributed by atoms with Gasteiger partial charge in [-0.1, -0.05) is 36.4 Å². The summed E-state index contributed by atoms with van der Waals surface area (Å²) in [5, 5.41) is 0. The predicted molar refractivity (Wildman–Crippen MR) is 124 cm³/mol. The topological polar surface area (TPSA) is 71.5 Å². The first-order chi connectivity index (χ1) is 16.5. The fourth-order valence-electron chi connectivity index (χ4n) is 5.27. The minimum absolute atomic E-state index is 0.00209. The molecular weight excluding hydrogens is 479 g/mol. The van der Waals surface area contributed by atoms with E-state index in [-0.39, 0.29) is 40.7 Å². The molecular formula is C26H28F3NO4S. The van der Waals surface area contributed by atoms with Gasteiger partial charge in [-0.3, -0.25) is 9.59 Å². The van der Waals surface area contributed by atoms with Gasteiger partial charge in [0.05, 0.1) is 16.2 Å². The molecule has 0 aromatic heterocycles. The maximum atomic E-state index is 13.2. The molecule has 2 aromatic carbocycles. The van der Waals surface area contributed by atoms with Gasteiger partial charge in [0.15, 0.2) is 9.84 Å². The van der Waals surface area contributed by atoms with Crippen molar-refractivity contribution in [2.75, 3.05) is 12.3 Å². The van der Waals surface area contributed by atoms with Gasteiger partial charge in [-0.25, -0.2) is 8.42 Å². The summed E-state index contributed by atoms with van der Waals surface area (Å²) in [7, 11) is -3.62. The van der Waals surface area contributed by atoms with Gasteiger partial charge >= 0.3 is 6.18 Å². The van der Waals surface area contributed by atoms with Crippen LogP contribution < -0.4 is 0 Å². The van der Waals surface area contributed by atoms with Gasteiger partial charge in [0.2, 0.25) is 5.91 Å². The van der Waals surface area contributed by atoms with Crippen LogP contribution in [-0.4, -0.2) is 43.3 Å². The number of halogens is 3. The van der Waals surface area contributed by atoms with Gasteiger partial charge in [0.25, 0.3) is 0 Å². The molecule has 1 aliphatic carbocycles. The Hall–Kier alpha value is -2.68. The highest BCUT2D eigenvalue weighted by Crippen LogP contribution is 2.35. The van der Waals surface area contributed by atoms with Crippen LogP contribution in [0.3, 0.4) is 0 Å². The van der Waals surface area contributed by atoms with Crippen molar-refractivity contribution >= 4 is 21.5 Å². The zero-order valence-corrected chi connectivity index (χ0v) is 20.0. The molecule has 4 rings (SSSR count). The van der Waals surface area contributed by atoms with Crippen molar-refractivity contribution in [1.82, 2.24) is 4.90 Å². The molecule has 1 saturated heterocycles. The first-order valence-corrected chi connectivity index (χ1v) is 13.5. The molecule has 5 nitrogen and oxygen atoms in total. The van der Waals surface area contributed by atoms with Crippen LogP contribution in [0, 0.1) is 11.8 Å². The van der Waals surface area contributed by atoms with E-state index in [1.807, 2.05) is 0 Å². The van der Waals surface area contributed by atoms with Crippen LogP contribution in [0.25, 0.3) is 0 Å². The van der Waals surface area contributed by atoms with Gasteiger partial charge in [0.1, 0.15) is 5.78 Å². The van der Waals surface area contributed by atoms with Gasteiger partial charge in [-0.05, 0) is 49.4 Å². The molecule has 2 aliphatic rings. The fraction of sp³-hybridized carbons (Fsp3) is 0.462. The number of rotatable bonds is 7. The zero-order valence-electron chi connectivity index (χ0n) is 19.2. The summed E-state index contributed by atoms with van der Waals surface area (Å²) < 4.78 is 64.9. The number of amides is 1. The Morgan fingerprint density at radius 3 is 2.43 bits per heavy atom. The lowest BCUT2D eigenvalue weighted by molar-refractivity contribution is -0.138. The van der Waals surface area contributed by atoms with Crippen LogP contribution in [0.2, 0.25) is 0 Å². The second-order valence-electron chi connectivity index (χ2n) is 9.46. The lowest BCUT2D eigenvalue weighted by Gasteiger charge is -2.37. The number of likely N-dealkylation sites (tertiary alicyclic amines) is 1. The highest BCUT2D eigenvalue weighted by molar-refractivity contribution is 7.91. The number of carbonyl (C=O) groups excluding carboxylic acids is 2. The Morgan fingerprint density at radius 2 is 1.71 bits per heavy atom. The minimum atomic E-state index is -4.41. The monoisotopic (exact) mass is 507 g/mol. The number of ketones is 1. The molecule has 1 aliphatic heterocycles. The Labute approximate surface area is 203 Å². The fourth-order valence-corrected chi connectivity index (χ4v) is 6.93. The van der Waals surface area contributed by atoms with Crippen LogP contribution in [0.5, 0.6) is 0 Å². The van der Waals surface area contributed by atoms with Gasteiger partial charge in [0, 0.05) is 37.3 Å². The summed E-state index contributed by atoms with van der Waals surface area (Å²) in [5.41, 5.74) is -0.176. The first kappa shape index (κ1) is 25.4. The Kier molecular flexibility index (Phi) is 7.35. The third-order valence-corrected chi connectivity index (χ3v) is 8.93. The van der Waals surface area contributed by atoms with Crippen molar-refractivity contribution in [3.63, 3.8) is 0 Å². The lowest BCUT2D eigenvalue weighted by Crippen LogP contribution is -2.47. The molecule has 1 amide bonds. The van der Waals surface area contributed by atoms with Crippen molar-refractivity contribution in [3.8, 4) is 0 Å². The summed E-state index contributed by atoms with van der Waals surface area (Å²) in [4.78, 5) is 27.3. The molecule has 1 heterocycles. The highest BCUT2D eigenvalue weighted by atomic mass is 32.2. The van der Waals surface area contributed by atoms with E-state index in [0.717, 1.165) is 12.1 Å². The number of nitrogens with zero attached hydrogens (tertiary/aromatic N) is 1. The lowest BCUT2D eigenvalue weighted by atomic mass is 9.84. The number of carbonyl (C=O) groups is 2. The van der Waals surface area contributed by atoms with E-state index in [2.05, 4.69) is 0 Å². The van der Waals surface area contributed by atoms with Crippen molar-refractivity contribution < 1.29 is 31.2 Å². The number of aryl methyl sites for hydroxylation is 1. The summed E-state index contributed by atoms with van der Waals surface area (Å²) >= 11 is 0. The molecule has 188 valence electrons. The smallest absolute Gasteiger partial charge is 0.339 e. The van der Waals surface area contributed by atoms with E-state index in [1.165, 1.54) is 18.2 Å². The molecule has 35 heavy (non-hydrogen) atoms. The van der Waals surface area contributed by atoms with Crippen LogP contribution in [-0.2, 0) is 32.0 Å². The van der Waals surface area contributed by atoms with Crippen LogP contribution in [0.4, 0.5) is 13.2 Å². The molecule has 0 N–H and O–H groups in total. The van der Waals surface area contributed by atoms with Gasteiger partial charge in [-0.15, -0.1) is 0 Å². The summed E-state index contributed by atoms with van der Waals surface area (Å²) in [5.74, 6) is -1.10. The zero-order chi connectivity index (χ0) is 25.2. The first-order valence-electron chi connectivity index (χ1n) is 11.8. The molecule has 0 bridgehead atoms. The summed E-state index contributed by atoms with van der Waals surface area (Å²) in [6.07, 6.45) is -2.21. The standard InChI is InChI=1S/C26H28F3NO4S/c27-26(28,29)21-6-4-5-18(15-21)9-10-19-13-14-30(25(19)32)24-12-11-22(31)16-20(24)17-35(33,34)23-7-2-1-3-8-23/h1-8,15,19-20,24H,9-14,16-17H2/t19-,20+,24+/m1/s1. The van der Waals surface area contributed by atoms with Crippen molar-refractivity contribution in [3.05, 3.63) is 65.7 Å². The van der Waals surface area contributed by atoms with E-state index in [4.69, 9.17) is 0 Å². The quantitative estimate of drug-likeness (QED) is 0.545. The number of alkyl halides is 3. The Balaban J connectivity index is 1.43. The molecule has 2 aromatic rings. The molecule has 3 atom stereocenters. The summed E-state index contributed by atoms with van der Waals surface area (Å²) in [6, 6.07) is 12.9. The van der Waals surface area contributed by atoms with Crippen LogP contribution in [0.15, 0.2) is 59.5 Å². The second kappa shape index (κ2) is 10.1. The third kappa shape index (κ3) is 5.94. The molecule has 9 heteroatoms. The van der Waals surface area contributed by atoms with Crippen LogP contribution >= 0.6 is 0 Å².